The van der Waals surface area contributed by atoms with Crippen LogP contribution in [0.5, 0.6) is 0 Å². The predicted octanol–water partition coefficient (Wildman–Crippen LogP) is 2.78. The fourth-order valence-corrected chi connectivity index (χ4v) is 3.69. The molecule has 1 aliphatic heterocycles. The number of allylic oxidation sites excluding steroid dienone is 1. The zero-order chi connectivity index (χ0) is 19.6. The van der Waals surface area contributed by atoms with Gasteiger partial charge in [0.15, 0.2) is 0 Å². The van der Waals surface area contributed by atoms with Crippen LogP contribution in [0.3, 0.4) is 0 Å². The van der Waals surface area contributed by atoms with E-state index in [9.17, 15) is 14.0 Å². The number of hydrogen-bond acceptors (Lipinski definition) is 4. The topological polar surface area (TPSA) is 65.5 Å². The van der Waals surface area contributed by atoms with Gasteiger partial charge in [-0.3, -0.25) is 9.59 Å². The number of carbonyl (C=O) groups is 2. The Labute approximate surface area is 164 Å². The zero-order valence-corrected chi connectivity index (χ0v) is 16.9. The fourth-order valence-electron chi connectivity index (χ4n) is 2.84. The lowest BCUT2D eigenvalue weighted by molar-refractivity contribution is -0.135. The second-order valence-electron chi connectivity index (χ2n) is 6.14. The molecule has 2 heterocycles. The van der Waals surface area contributed by atoms with E-state index in [1.54, 1.807) is 26.0 Å². The minimum atomic E-state index is -1.02. The number of anilines is 1. The molecule has 2 atom stereocenters. The second kappa shape index (κ2) is 8.18. The number of nitrogens with zero attached hydrogens (tertiary/aromatic N) is 3. The van der Waals surface area contributed by atoms with Gasteiger partial charge in [-0.05, 0) is 12.1 Å². The van der Waals surface area contributed by atoms with Crippen molar-refractivity contribution >= 4 is 45.2 Å². The summed E-state index contributed by atoms with van der Waals surface area (Å²) in [6, 6.07) is 4.04. The molecule has 0 spiro atoms. The van der Waals surface area contributed by atoms with Crippen LogP contribution in [-0.2, 0) is 9.59 Å². The molecule has 1 aromatic heterocycles. The number of halogens is 3. The van der Waals surface area contributed by atoms with Crippen LogP contribution in [0.15, 0.2) is 40.0 Å². The number of carbonyl (C=O) groups excluding carboxylic acids is 2. The van der Waals surface area contributed by atoms with Crippen LogP contribution in [0, 0.1) is 17.8 Å². The predicted molar refractivity (Wildman–Crippen MR) is 102 cm³/mol. The molecule has 1 saturated heterocycles. The normalized spacial score (nSPS) is 20.7. The Morgan fingerprint density at radius 1 is 1.50 bits per heavy atom. The van der Waals surface area contributed by atoms with E-state index in [1.165, 1.54) is 23.1 Å². The molecule has 26 heavy (non-hydrogen) atoms. The lowest BCUT2D eigenvalue weighted by Gasteiger charge is -2.23. The van der Waals surface area contributed by atoms with Gasteiger partial charge >= 0.3 is 0 Å². The summed E-state index contributed by atoms with van der Waals surface area (Å²) < 4.78 is 13.7. The molecule has 0 aromatic carbocycles. The molecule has 6 nitrogen and oxygen atoms in total. The zero-order valence-electron chi connectivity index (χ0n) is 14.6. The molecule has 1 fully saturated rings. The molecule has 1 aromatic rings. The van der Waals surface area contributed by atoms with Crippen molar-refractivity contribution in [2.75, 3.05) is 33.0 Å². The Bertz CT molecular complexity index is 784. The largest absolute Gasteiger partial charge is 0.368 e. The van der Waals surface area contributed by atoms with E-state index in [0.717, 1.165) is 0 Å². The smallest absolute Gasteiger partial charge is 0.238 e. The summed E-state index contributed by atoms with van der Waals surface area (Å²) in [7, 11) is 5.12. The highest BCUT2D eigenvalue weighted by molar-refractivity contribution is 9.11. The van der Waals surface area contributed by atoms with Crippen LogP contribution < -0.4 is 5.32 Å². The number of pyridine rings is 1. The number of hydrogen-bond donors (Lipinski definition) is 1. The second-order valence-corrected chi connectivity index (χ2v) is 7.46. The molecule has 140 valence electrons. The van der Waals surface area contributed by atoms with Crippen molar-refractivity contribution in [3.05, 3.63) is 45.9 Å². The molecule has 0 unspecified atom stereocenters. The van der Waals surface area contributed by atoms with Crippen LogP contribution in [-0.4, -0.2) is 54.3 Å². The van der Waals surface area contributed by atoms with E-state index in [4.69, 9.17) is 11.6 Å². The number of likely N-dealkylation sites (tertiary alicyclic amines) is 1. The van der Waals surface area contributed by atoms with Crippen molar-refractivity contribution in [2.45, 2.75) is 0 Å². The molecular formula is C17H19BrClFN4O2. The van der Waals surface area contributed by atoms with Crippen LogP contribution in [0.4, 0.5) is 10.2 Å². The first-order chi connectivity index (χ1) is 12.1. The third-order valence-corrected chi connectivity index (χ3v) is 5.01. The molecule has 0 bridgehead atoms. The molecule has 2 amide bonds. The number of amides is 2. The van der Waals surface area contributed by atoms with Gasteiger partial charge in [-0.1, -0.05) is 40.2 Å². The molecule has 0 aliphatic carbocycles. The lowest BCUT2D eigenvalue weighted by atomic mass is 9.87. The Hall–Kier alpha value is -1.93. The maximum absolute atomic E-state index is 13.3. The highest BCUT2D eigenvalue weighted by Gasteiger charge is 2.46. The van der Waals surface area contributed by atoms with Crippen LogP contribution in [0.2, 0.25) is 0 Å². The highest BCUT2D eigenvalue weighted by atomic mass is 79.9. The van der Waals surface area contributed by atoms with E-state index in [0.29, 0.717) is 21.8 Å². The molecule has 1 aliphatic rings. The monoisotopic (exact) mass is 444 g/mol. The summed E-state index contributed by atoms with van der Waals surface area (Å²) in [5.74, 6) is -3.14. The summed E-state index contributed by atoms with van der Waals surface area (Å²) in [5.41, 5.74) is 0.571. The Morgan fingerprint density at radius 3 is 2.69 bits per heavy atom. The van der Waals surface area contributed by atoms with Crippen molar-refractivity contribution in [1.29, 1.82) is 0 Å². The van der Waals surface area contributed by atoms with Crippen LogP contribution >= 0.6 is 27.5 Å². The van der Waals surface area contributed by atoms with Crippen LogP contribution in [0.25, 0.3) is 0 Å². The van der Waals surface area contributed by atoms with Gasteiger partial charge in [0.2, 0.25) is 17.8 Å². The molecule has 9 heteroatoms. The average Bonchev–Trinajstić information content (AvgIpc) is 2.82. The van der Waals surface area contributed by atoms with E-state index in [-0.39, 0.29) is 11.7 Å². The number of aromatic nitrogens is 1. The van der Waals surface area contributed by atoms with E-state index >= 15 is 0 Å². The minimum Gasteiger partial charge on any atom is -0.368 e. The first kappa shape index (κ1) is 20.4. The summed E-state index contributed by atoms with van der Waals surface area (Å²) in [5, 5.41) is 2.88. The van der Waals surface area contributed by atoms with Gasteiger partial charge in [-0.25, -0.2) is 4.98 Å². The summed E-state index contributed by atoms with van der Waals surface area (Å²) in [4.78, 5) is 32.1. The van der Waals surface area contributed by atoms with Crippen molar-refractivity contribution in [3.8, 4) is 0 Å². The lowest BCUT2D eigenvalue weighted by Crippen LogP contribution is -2.34. The molecule has 0 radical (unpaired) electrons. The highest BCUT2D eigenvalue weighted by Crippen LogP contribution is 2.39. The Kier molecular flexibility index (Phi) is 6.41. The average molecular weight is 446 g/mol. The molecular weight excluding hydrogens is 427 g/mol. The Balaban J connectivity index is 2.39. The third-order valence-electron chi connectivity index (χ3n) is 4.04. The maximum atomic E-state index is 13.3. The van der Waals surface area contributed by atoms with Gasteiger partial charge in [0.05, 0.1) is 0 Å². The molecule has 1 N–H and O–H groups in total. The van der Waals surface area contributed by atoms with Crippen molar-refractivity contribution < 1.29 is 14.0 Å². The summed E-state index contributed by atoms with van der Waals surface area (Å²) in [6.45, 7) is 4.17. The fraction of sp³-hybridized carbons (Fsp3) is 0.353. The van der Waals surface area contributed by atoms with Crippen LogP contribution in [0.1, 0.15) is 0 Å². The van der Waals surface area contributed by atoms with E-state index in [2.05, 4.69) is 32.8 Å². The van der Waals surface area contributed by atoms with Gasteiger partial charge in [0.1, 0.15) is 16.9 Å². The number of rotatable bonds is 5. The SMILES string of the molecule is C=C(Br)/C(=C(/Cl)N(C)C)[C@H]1CN(C)C(=O)[C@@H]1C(=O)Nc1cccc(F)n1. The van der Waals surface area contributed by atoms with Gasteiger partial charge in [0.25, 0.3) is 0 Å². The van der Waals surface area contributed by atoms with Crippen molar-refractivity contribution in [3.63, 3.8) is 0 Å². The molecule has 0 saturated carbocycles. The Morgan fingerprint density at radius 2 is 2.15 bits per heavy atom. The summed E-state index contributed by atoms with van der Waals surface area (Å²) in [6.07, 6.45) is 0. The van der Waals surface area contributed by atoms with Gasteiger partial charge in [-0.2, -0.15) is 4.39 Å². The maximum Gasteiger partial charge on any atom is 0.238 e. The minimum absolute atomic E-state index is 0.0398. The quantitative estimate of drug-likeness (QED) is 0.328. The van der Waals surface area contributed by atoms with Gasteiger partial charge in [0, 0.05) is 43.7 Å². The van der Waals surface area contributed by atoms with Gasteiger partial charge < -0.3 is 15.1 Å². The standard InChI is InChI=1S/C17H19BrClFN4O2/c1-9(18)13(15(19)23(2)3)10-8-24(4)17(26)14(10)16(25)22-12-7-5-6-11(20)21-12/h5-7,10,14H,1,8H2,2-4H3,(H,21,22,25)/b15-13+/t10-,14+/m1/s1. The molecule has 2 rings (SSSR count). The van der Waals surface area contributed by atoms with Gasteiger partial charge in [-0.15, -0.1) is 0 Å². The van der Waals surface area contributed by atoms with Crippen molar-refractivity contribution in [2.24, 2.45) is 11.8 Å². The van der Waals surface area contributed by atoms with Crippen molar-refractivity contribution in [1.82, 2.24) is 14.8 Å². The van der Waals surface area contributed by atoms with E-state index < -0.39 is 23.7 Å². The van der Waals surface area contributed by atoms with E-state index in [1.807, 2.05) is 0 Å². The first-order valence-electron chi connectivity index (χ1n) is 7.73. The summed E-state index contributed by atoms with van der Waals surface area (Å²) >= 11 is 9.72. The number of nitrogens with one attached hydrogen (secondary N) is 1. The first-order valence-corrected chi connectivity index (χ1v) is 8.90. The third kappa shape index (κ3) is 4.24.